The molecule has 4 rings (SSSR count). The van der Waals surface area contributed by atoms with Gasteiger partial charge in [0.2, 0.25) is 5.91 Å². The number of anilines is 2. The molecule has 1 fully saturated rings. The van der Waals surface area contributed by atoms with Crippen LogP contribution in [0.5, 0.6) is 0 Å². The molecule has 3 aromatic carbocycles. The predicted molar refractivity (Wildman–Crippen MR) is 150 cm³/mol. The summed E-state index contributed by atoms with van der Waals surface area (Å²) in [7, 11) is 0. The molecule has 1 amide bonds. The number of allylic oxidation sites excluding steroid dienone is 2. The zero-order valence-corrected chi connectivity index (χ0v) is 23.1. The fraction of sp³-hybridized carbons (Fsp3) is 0.185. The number of alkyl halides is 2. The molecule has 10 heteroatoms. The van der Waals surface area contributed by atoms with Crippen LogP contribution in [0, 0.1) is 11.7 Å². The van der Waals surface area contributed by atoms with Gasteiger partial charge in [-0.2, -0.15) is 0 Å². The number of amides is 1. The maximum atomic E-state index is 13.6. The van der Waals surface area contributed by atoms with Gasteiger partial charge in [-0.15, -0.1) is 23.2 Å². The molecule has 0 saturated heterocycles. The van der Waals surface area contributed by atoms with Crippen LogP contribution in [0.25, 0.3) is 0 Å². The van der Waals surface area contributed by atoms with Crippen molar-refractivity contribution in [3.8, 4) is 0 Å². The van der Waals surface area contributed by atoms with E-state index in [0.717, 1.165) is 11.1 Å². The molecule has 2 unspecified atom stereocenters. The molecular weight excluding hydrogens is 581 g/mol. The number of rotatable bonds is 7. The van der Waals surface area contributed by atoms with Crippen molar-refractivity contribution >= 4 is 81.1 Å². The van der Waals surface area contributed by atoms with Gasteiger partial charge >= 0.3 is 0 Å². The lowest BCUT2D eigenvalue weighted by Gasteiger charge is -2.12. The number of nitrogens with two attached hydrogens (primary N) is 1. The van der Waals surface area contributed by atoms with E-state index in [1.807, 2.05) is 19.1 Å². The second kappa shape index (κ2) is 10.8. The maximum Gasteiger partial charge on any atom is 0.231 e. The first kappa shape index (κ1) is 27.7. The molecule has 0 heterocycles. The van der Waals surface area contributed by atoms with Crippen molar-refractivity contribution in [3.63, 3.8) is 0 Å². The molecule has 37 heavy (non-hydrogen) atoms. The van der Waals surface area contributed by atoms with Gasteiger partial charge < -0.3 is 11.1 Å². The van der Waals surface area contributed by atoms with Crippen LogP contribution in [0.3, 0.4) is 0 Å². The zero-order chi connectivity index (χ0) is 27.1. The quantitative estimate of drug-likeness (QED) is 0.124. The highest BCUT2D eigenvalue weighted by atomic mass is 35.5. The standard InChI is InChI=1S/C27H20Cl5FN2O2/c1-13(10-14-2-5-16(34)6-3-14)11-21(36)22-17(28)7-9-20(25(22)30)35-26(37)24-23(27(24,31)32)15-4-8-19(33)18(29)12-15/h2-9,11-12,23-24H,10,34H2,1H3,(H,35,37)/b13-11+. The average molecular weight is 601 g/mol. The molecule has 1 aliphatic carbocycles. The van der Waals surface area contributed by atoms with E-state index in [-0.39, 0.29) is 26.3 Å². The van der Waals surface area contributed by atoms with Gasteiger partial charge in [0.15, 0.2) is 5.78 Å². The number of hydrogen-bond donors (Lipinski definition) is 2. The highest BCUT2D eigenvalue weighted by Crippen LogP contribution is 2.65. The van der Waals surface area contributed by atoms with Crippen LogP contribution in [0.2, 0.25) is 15.1 Å². The van der Waals surface area contributed by atoms with Crippen molar-refractivity contribution < 1.29 is 14.0 Å². The number of nitrogen functional groups attached to an aromatic ring is 1. The lowest BCUT2D eigenvalue weighted by atomic mass is 10.0. The molecule has 1 saturated carbocycles. The van der Waals surface area contributed by atoms with Gasteiger partial charge in [-0.3, -0.25) is 9.59 Å². The largest absolute Gasteiger partial charge is 0.399 e. The number of halogens is 6. The van der Waals surface area contributed by atoms with Crippen LogP contribution < -0.4 is 11.1 Å². The van der Waals surface area contributed by atoms with E-state index in [1.54, 1.807) is 12.1 Å². The van der Waals surface area contributed by atoms with Gasteiger partial charge in [0, 0.05) is 11.6 Å². The Morgan fingerprint density at radius 3 is 2.35 bits per heavy atom. The second-order valence-corrected chi connectivity index (χ2v) is 11.5. The molecule has 2 atom stereocenters. The smallest absolute Gasteiger partial charge is 0.231 e. The van der Waals surface area contributed by atoms with Crippen molar-refractivity contribution in [2.75, 3.05) is 11.1 Å². The van der Waals surface area contributed by atoms with E-state index in [4.69, 9.17) is 63.7 Å². The Kier molecular flexibility index (Phi) is 8.13. The van der Waals surface area contributed by atoms with Crippen molar-refractivity contribution in [2.24, 2.45) is 5.92 Å². The first-order chi connectivity index (χ1) is 17.4. The Labute approximate surface area is 238 Å². The van der Waals surface area contributed by atoms with Crippen LogP contribution in [0.15, 0.2) is 66.2 Å². The third-order valence-corrected chi connectivity index (χ3v) is 8.01. The fourth-order valence-electron chi connectivity index (χ4n) is 4.16. The normalized spacial score (nSPS) is 18.4. The molecule has 0 aliphatic heterocycles. The number of carbonyl (C=O) groups excluding carboxylic acids is 2. The predicted octanol–water partition coefficient (Wildman–Crippen LogP) is 8.27. The minimum atomic E-state index is -1.43. The summed E-state index contributed by atoms with van der Waals surface area (Å²) in [5.41, 5.74) is 8.90. The Hall–Kier alpha value is -2.28. The number of carbonyl (C=O) groups is 2. The summed E-state index contributed by atoms with van der Waals surface area (Å²) in [6, 6.07) is 14.3. The first-order valence-electron chi connectivity index (χ1n) is 11.1. The monoisotopic (exact) mass is 598 g/mol. The molecule has 192 valence electrons. The lowest BCUT2D eigenvalue weighted by Crippen LogP contribution is -2.18. The van der Waals surface area contributed by atoms with E-state index in [1.165, 1.54) is 36.4 Å². The topological polar surface area (TPSA) is 72.2 Å². The summed E-state index contributed by atoms with van der Waals surface area (Å²) in [6.45, 7) is 1.82. The molecular formula is C27H20Cl5FN2O2. The minimum Gasteiger partial charge on any atom is -0.399 e. The summed E-state index contributed by atoms with van der Waals surface area (Å²) < 4.78 is 12.1. The molecule has 1 aliphatic rings. The number of benzene rings is 3. The summed E-state index contributed by atoms with van der Waals surface area (Å²) in [5, 5.41) is 2.71. The van der Waals surface area contributed by atoms with E-state index >= 15 is 0 Å². The van der Waals surface area contributed by atoms with Gasteiger partial charge in [0.25, 0.3) is 0 Å². The number of nitrogens with one attached hydrogen (secondary N) is 1. The van der Waals surface area contributed by atoms with Crippen LogP contribution in [0.4, 0.5) is 15.8 Å². The number of ketones is 1. The molecule has 0 spiro atoms. The summed E-state index contributed by atoms with van der Waals surface area (Å²) in [4.78, 5) is 26.1. The minimum absolute atomic E-state index is 0.0147. The average Bonchev–Trinajstić information content (AvgIpc) is 3.41. The highest BCUT2D eigenvalue weighted by Gasteiger charge is 2.67. The van der Waals surface area contributed by atoms with Crippen LogP contribution in [0.1, 0.15) is 34.3 Å². The Bertz CT molecular complexity index is 1420. The van der Waals surface area contributed by atoms with E-state index in [2.05, 4.69) is 5.32 Å². The second-order valence-electron chi connectivity index (χ2n) is 8.85. The zero-order valence-electron chi connectivity index (χ0n) is 19.3. The van der Waals surface area contributed by atoms with Crippen LogP contribution >= 0.6 is 58.0 Å². The van der Waals surface area contributed by atoms with Gasteiger partial charge in [-0.25, -0.2) is 4.39 Å². The van der Waals surface area contributed by atoms with Gasteiger partial charge in [-0.05, 0) is 66.9 Å². The molecule has 4 nitrogen and oxygen atoms in total. The molecule has 3 N–H and O–H groups in total. The van der Waals surface area contributed by atoms with Crippen LogP contribution in [-0.2, 0) is 11.2 Å². The van der Waals surface area contributed by atoms with Crippen molar-refractivity contribution in [1.82, 2.24) is 0 Å². The highest BCUT2D eigenvalue weighted by molar-refractivity contribution is 6.53. The fourth-order valence-corrected chi connectivity index (χ4v) is 5.78. The van der Waals surface area contributed by atoms with E-state index < -0.39 is 33.7 Å². The summed E-state index contributed by atoms with van der Waals surface area (Å²) in [6.07, 6.45) is 1.98. The molecule has 0 radical (unpaired) electrons. The molecule has 3 aromatic rings. The van der Waals surface area contributed by atoms with E-state index in [0.29, 0.717) is 17.7 Å². The Balaban J connectivity index is 1.53. The summed E-state index contributed by atoms with van der Waals surface area (Å²) in [5.74, 6) is -2.99. The summed E-state index contributed by atoms with van der Waals surface area (Å²) >= 11 is 31.5. The molecule has 0 bridgehead atoms. The number of hydrogen-bond acceptors (Lipinski definition) is 3. The first-order valence-corrected chi connectivity index (χ1v) is 13.0. The third-order valence-electron chi connectivity index (χ3n) is 6.07. The van der Waals surface area contributed by atoms with E-state index in [9.17, 15) is 14.0 Å². The molecule has 0 aromatic heterocycles. The van der Waals surface area contributed by atoms with Crippen molar-refractivity contribution in [2.45, 2.75) is 23.6 Å². The van der Waals surface area contributed by atoms with Gasteiger partial charge in [-0.1, -0.05) is 58.6 Å². The van der Waals surface area contributed by atoms with Crippen LogP contribution in [-0.4, -0.2) is 16.0 Å². The van der Waals surface area contributed by atoms with Gasteiger partial charge in [0.05, 0.1) is 32.2 Å². The Morgan fingerprint density at radius 2 is 1.70 bits per heavy atom. The van der Waals surface area contributed by atoms with Gasteiger partial charge in [0.1, 0.15) is 10.2 Å². The maximum absolute atomic E-state index is 13.6. The van der Waals surface area contributed by atoms with Crippen molar-refractivity contribution in [3.05, 3.63) is 104 Å². The third kappa shape index (κ3) is 5.92. The van der Waals surface area contributed by atoms with Crippen molar-refractivity contribution in [1.29, 1.82) is 0 Å². The Morgan fingerprint density at radius 1 is 1.03 bits per heavy atom. The lowest BCUT2D eigenvalue weighted by molar-refractivity contribution is -0.117. The SMILES string of the molecule is C/C(=C\C(=O)c1c(Cl)ccc(NC(=O)C2C(c3ccc(F)c(Cl)c3)C2(Cl)Cl)c1Cl)Cc1ccc(N)cc1.